The number of halogens is 7. The molecule has 11 heteroatoms. The highest BCUT2D eigenvalue weighted by Gasteiger charge is 2.85. The molecule has 0 N–H and O–H groups in total. The van der Waals surface area contributed by atoms with Gasteiger partial charge < -0.3 is 9.47 Å². The van der Waals surface area contributed by atoms with E-state index in [9.17, 15) is 22.0 Å². The molecule has 2 aromatic rings. The first kappa shape index (κ1) is 20.5. The highest BCUT2D eigenvalue weighted by Crippen LogP contribution is 2.81. The highest BCUT2D eigenvalue weighted by molar-refractivity contribution is 5.42. The summed E-state index contributed by atoms with van der Waals surface area (Å²) in [6, 6.07) is 2.45. The van der Waals surface area contributed by atoms with E-state index in [1.165, 1.54) is 6.20 Å². The number of epoxide rings is 1. The number of rotatable bonds is 6. The van der Waals surface area contributed by atoms with Crippen molar-refractivity contribution in [3.63, 3.8) is 0 Å². The van der Waals surface area contributed by atoms with Gasteiger partial charge in [-0.25, -0.2) is 22.5 Å². The van der Waals surface area contributed by atoms with E-state index in [2.05, 4.69) is 14.7 Å². The summed E-state index contributed by atoms with van der Waals surface area (Å²) in [5, 5.41) is 0. The summed E-state index contributed by atoms with van der Waals surface area (Å²) < 4.78 is 105. The van der Waals surface area contributed by atoms with E-state index >= 15 is 8.78 Å². The zero-order valence-electron chi connectivity index (χ0n) is 15.8. The summed E-state index contributed by atoms with van der Waals surface area (Å²) in [6.45, 7) is -1.88. The van der Waals surface area contributed by atoms with Gasteiger partial charge in [0, 0.05) is 22.5 Å². The SMILES string of the molecule is Fc1ccc(C2(C(F)(F)C34CC(c5cnc(OCC(F)(F)F)cn5)(C3)C4)CO2)c(F)c1. The van der Waals surface area contributed by atoms with Crippen molar-refractivity contribution < 1.29 is 40.2 Å². The Morgan fingerprint density at radius 1 is 1.00 bits per heavy atom. The molecule has 4 aliphatic rings. The van der Waals surface area contributed by atoms with Crippen LogP contribution in [0.1, 0.15) is 30.5 Å². The second kappa shape index (κ2) is 6.08. The van der Waals surface area contributed by atoms with Gasteiger partial charge in [0.1, 0.15) is 11.6 Å². The molecule has 4 fully saturated rings. The Morgan fingerprint density at radius 2 is 1.68 bits per heavy atom. The first-order valence-corrected chi connectivity index (χ1v) is 9.42. The summed E-state index contributed by atoms with van der Waals surface area (Å²) in [4.78, 5) is 7.84. The van der Waals surface area contributed by atoms with Crippen LogP contribution in [-0.4, -0.2) is 35.3 Å². The van der Waals surface area contributed by atoms with Crippen molar-refractivity contribution in [2.75, 3.05) is 13.2 Å². The molecule has 1 saturated heterocycles. The Hall–Kier alpha value is -2.43. The van der Waals surface area contributed by atoms with Crippen LogP contribution in [0.4, 0.5) is 30.7 Å². The van der Waals surface area contributed by atoms with Gasteiger partial charge in [0.2, 0.25) is 5.88 Å². The van der Waals surface area contributed by atoms with Crippen molar-refractivity contribution in [2.24, 2.45) is 5.41 Å². The Kier molecular flexibility index (Phi) is 4.02. The quantitative estimate of drug-likeness (QED) is 0.476. The molecule has 4 nitrogen and oxygen atoms in total. The maximum atomic E-state index is 15.5. The van der Waals surface area contributed by atoms with Crippen LogP contribution in [-0.2, 0) is 15.8 Å². The number of ether oxygens (including phenoxy) is 2. The van der Waals surface area contributed by atoms with Crippen LogP contribution in [0.15, 0.2) is 30.6 Å². The van der Waals surface area contributed by atoms with Gasteiger partial charge in [-0.3, -0.25) is 4.98 Å². The van der Waals surface area contributed by atoms with Gasteiger partial charge in [0.25, 0.3) is 5.92 Å². The van der Waals surface area contributed by atoms with E-state index in [4.69, 9.17) is 4.74 Å². The van der Waals surface area contributed by atoms with Gasteiger partial charge in [-0.05, 0) is 31.4 Å². The zero-order valence-corrected chi connectivity index (χ0v) is 15.8. The third kappa shape index (κ3) is 2.85. The number of hydrogen-bond acceptors (Lipinski definition) is 4. The molecule has 1 aromatic heterocycles. The molecule has 2 bridgehead atoms. The number of nitrogens with zero attached hydrogens (tertiary/aromatic N) is 2. The lowest BCUT2D eigenvalue weighted by Crippen LogP contribution is -2.74. The summed E-state index contributed by atoms with van der Waals surface area (Å²) in [5.41, 5.74) is -4.18. The number of hydrogen-bond donors (Lipinski definition) is 0. The molecule has 0 spiro atoms. The summed E-state index contributed by atoms with van der Waals surface area (Å²) in [7, 11) is 0. The van der Waals surface area contributed by atoms with Crippen molar-refractivity contribution in [1.29, 1.82) is 0 Å². The minimum Gasteiger partial charge on any atom is -0.467 e. The van der Waals surface area contributed by atoms with E-state index in [1.807, 2.05) is 0 Å². The molecule has 0 amide bonds. The molecule has 0 radical (unpaired) electrons. The summed E-state index contributed by atoms with van der Waals surface area (Å²) in [5.74, 6) is -5.67. The molecule has 166 valence electrons. The van der Waals surface area contributed by atoms with Gasteiger partial charge in [0.15, 0.2) is 12.2 Å². The summed E-state index contributed by atoms with van der Waals surface area (Å²) in [6.07, 6.45) is -2.09. The van der Waals surface area contributed by atoms with Crippen LogP contribution in [0.2, 0.25) is 0 Å². The monoisotopic (exact) mass is 448 g/mol. The van der Waals surface area contributed by atoms with E-state index in [-0.39, 0.29) is 37.3 Å². The molecule has 3 aliphatic carbocycles. The fraction of sp³-hybridized carbons (Fsp3) is 0.500. The van der Waals surface area contributed by atoms with Gasteiger partial charge >= 0.3 is 6.18 Å². The molecule has 31 heavy (non-hydrogen) atoms. The standard InChI is InChI=1S/C20H15F7N2O2/c21-11-1-2-12(13(22)3-11)18(9-31-18)20(26,27)17-6-16(7-17,8-17)14-4-29-15(5-28-14)30-10-19(23,24)25/h1-5H,6-10H2. The third-order valence-electron chi connectivity index (χ3n) is 6.56. The lowest BCUT2D eigenvalue weighted by molar-refractivity contribution is -0.307. The molecule has 1 unspecified atom stereocenters. The maximum Gasteiger partial charge on any atom is 0.422 e. The molecular formula is C20H15F7N2O2. The molecule has 2 heterocycles. The van der Waals surface area contributed by atoms with E-state index in [0.29, 0.717) is 11.8 Å². The Balaban J connectivity index is 1.31. The third-order valence-corrected chi connectivity index (χ3v) is 6.56. The zero-order chi connectivity index (χ0) is 22.3. The van der Waals surface area contributed by atoms with E-state index in [1.54, 1.807) is 0 Å². The smallest absolute Gasteiger partial charge is 0.422 e. The van der Waals surface area contributed by atoms with Crippen molar-refractivity contribution in [3.05, 3.63) is 53.5 Å². The number of alkyl halides is 5. The molecule has 1 atom stereocenters. The first-order valence-electron chi connectivity index (χ1n) is 9.42. The summed E-state index contributed by atoms with van der Waals surface area (Å²) >= 11 is 0. The maximum absolute atomic E-state index is 15.5. The van der Waals surface area contributed by atoms with Gasteiger partial charge in [0.05, 0.1) is 24.7 Å². The Morgan fingerprint density at radius 3 is 2.19 bits per heavy atom. The lowest BCUT2D eigenvalue weighted by Gasteiger charge is -2.72. The van der Waals surface area contributed by atoms with Gasteiger partial charge in [-0.15, -0.1) is 0 Å². The fourth-order valence-corrected chi connectivity index (χ4v) is 5.04. The largest absolute Gasteiger partial charge is 0.467 e. The number of aromatic nitrogens is 2. The first-order chi connectivity index (χ1) is 14.4. The van der Waals surface area contributed by atoms with Gasteiger partial charge in [-0.1, -0.05) is 0 Å². The topological polar surface area (TPSA) is 47.5 Å². The van der Waals surface area contributed by atoms with Crippen LogP contribution in [0.5, 0.6) is 5.88 Å². The van der Waals surface area contributed by atoms with E-state index in [0.717, 1.165) is 18.3 Å². The van der Waals surface area contributed by atoms with E-state index < -0.39 is 46.8 Å². The minimum atomic E-state index is -4.52. The lowest BCUT2D eigenvalue weighted by atomic mass is 9.31. The Bertz CT molecular complexity index is 1020. The minimum absolute atomic E-state index is 0.0539. The molecule has 1 aromatic carbocycles. The van der Waals surface area contributed by atoms with Crippen molar-refractivity contribution in [3.8, 4) is 5.88 Å². The average molecular weight is 448 g/mol. The molecular weight excluding hydrogens is 433 g/mol. The normalized spacial score (nSPS) is 31.6. The van der Waals surface area contributed by atoms with Crippen molar-refractivity contribution in [2.45, 2.75) is 42.4 Å². The average Bonchev–Trinajstić information content (AvgIpc) is 3.40. The second-order valence-corrected chi connectivity index (χ2v) is 8.55. The predicted octanol–water partition coefficient (Wildman–Crippen LogP) is 4.68. The molecule has 1 aliphatic heterocycles. The number of benzene rings is 1. The molecule has 3 saturated carbocycles. The molecule has 6 rings (SSSR count). The van der Waals surface area contributed by atoms with Crippen LogP contribution in [0.25, 0.3) is 0 Å². The fourth-order valence-electron chi connectivity index (χ4n) is 5.04. The van der Waals surface area contributed by atoms with Crippen molar-refractivity contribution in [1.82, 2.24) is 9.97 Å². The van der Waals surface area contributed by atoms with Crippen LogP contribution >= 0.6 is 0 Å². The predicted molar refractivity (Wildman–Crippen MR) is 90.5 cm³/mol. The van der Waals surface area contributed by atoms with Crippen LogP contribution in [0, 0.1) is 17.0 Å². The second-order valence-electron chi connectivity index (χ2n) is 8.55. The highest BCUT2D eigenvalue weighted by atomic mass is 19.4. The Labute approximate surface area is 171 Å². The van der Waals surface area contributed by atoms with Crippen LogP contribution < -0.4 is 4.74 Å². The van der Waals surface area contributed by atoms with Gasteiger partial charge in [-0.2, -0.15) is 13.2 Å². The van der Waals surface area contributed by atoms with Crippen LogP contribution in [0.3, 0.4) is 0 Å². The van der Waals surface area contributed by atoms with Crippen molar-refractivity contribution >= 4 is 0 Å².